The molecule has 0 bridgehead atoms. The monoisotopic (exact) mass is 284 g/mol. The van der Waals surface area contributed by atoms with Crippen molar-refractivity contribution in [2.24, 2.45) is 0 Å². The van der Waals surface area contributed by atoms with Crippen LogP contribution in [0, 0.1) is 24.4 Å². The number of carbonyl (C=O) groups excluding carboxylic acids is 1. The van der Waals surface area contributed by atoms with Gasteiger partial charge in [-0.15, -0.1) is 0 Å². The first-order valence-electron chi connectivity index (χ1n) is 5.36. The van der Waals surface area contributed by atoms with Crippen molar-refractivity contribution in [3.8, 4) is 0 Å². The Labute approximate surface area is 112 Å². The molecule has 98 valence electrons. The van der Waals surface area contributed by atoms with Crippen LogP contribution in [0.5, 0.6) is 0 Å². The van der Waals surface area contributed by atoms with Crippen molar-refractivity contribution in [2.75, 3.05) is 0 Å². The number of carbonyl (C=O) groups is 1. The van der Waals surface area contributed by atoms with Crippen LogP contribution in [-0.4, -0.2) is 5.78 Å². The molecule has 0 unspecified atom stereocenters. The molecule has 2 rings (SSSR count). The van der Waals surface area contributed by atoms with Gasteiger partial charge in [0.2, 0.25) is 5.78 Å². The van der Waals surface area contributed by atoms with Gasteiger partial charge < -0.3 is 0 Å². The van der Waals surface area contributed by atoms with Crippen molar-refractivity contribution >= 4 is 17.4 Å². The molecule has 0 saturated carbocycles. The molecule has 0 aliphatic rings. The molecule has 0 aromatic heterocycles. The highest BCUT2D eigenvalue weighted by atomic mass is 35.5. The van der Waals surface area contributed by atoms with Crippen LogP contribution in [0.3, 0.4) is 0 Å². The van der Waals surface area contributed by atoms with E-state index in [0.29, 0.717) is 0 Å². The Hall–Kier alpha value is -1.81. The summed E-state index contributed by atoms with van der Waals surface area (Å²) in [6.07, 6.45) is 0. The third-order valence-corrected chi connectivity index (χ3v) is 2.92. The first-order valence-corrected chi connectivity index (χ1v) is 5.74. The van der Waals surface area contributed by atoms with Gasteiger partial charge in [0.15, 0.2) is 0 Å². The lowest BCUT2D eigenvalue weighted by atomic mass is 10.00. The van der Waals surface area contributed by atoms with Crippen molar-refractivity contribution in [3.63, 3.8) is 0 Å². The number of hydrogen-bond donors (Lipinski definition) is 0. The highest BCUT2D eigenvalue weighted by molar-refractivity contribution is 6.31. The molecule has 0 N–H and O–H groups in total. The minimum atomic E-state index is -1.07. The second-order valence-electron chi connectivity index (χ2n) is 4.01. The summed E-state index contributed by atoms with van der Waals surface area (Å²) >= 11 is 5.65. The zero-order chi connectivity index (χ0) is 14.2. The molecule has 1 nitrogen and oxygen atoms in total. The fourth-order valence-corrected chi connectivity index (χ4v) is 1.84. The number of halogens is 4. The highest BCUT2D eigenvalue weighted by Crippen LogP contribution is 2.23. The SMILES string of the molecule is Cc1ccc(F)c(C(=O)c2cc(Cl)ccc2F)c1F. The normalized spacial score (nSPS) is 10.6. The van der Waals surface area contributed by atoms with Crippen molar-refractivity contribution in [2.45, 2.75) is 6.92 Å². The molecule has 2 aromatic carbocycles. The Kier molecular flexibility index (Phi) is 3.62. The lowest BCUT2D eigenvalue weighted by Crippen LogP contribution is -2.10. The molecule has 2 aromatic rings. The predicted octanol–water partition coefficient (Wildman–Crippen LogP) is 4.30. The van der Waals surface area contributed by atoms with Crippen molar-refractivity contribution < 1.29 is 18.0 Å². The molecule has 0 aliphatic heterocycles. The van der Waals surface area contributed by atoms with Gasteiger partial charge in [0.05, 0.1) is 11.1 Å². The fourth-order valence-electron chi connectivity index (χ4n) is 1.67. The van der Waals surface area contributed by atoms with Crippen molar-refractivity contribution in [3.05, 3.63) is 69.5 Å². The molecule has 0 saturated heterocycles. The van der Waals surface area contributed by atoms with Crippen LogP contribution < -0.4 is 0 Å². The van der Waals surface area contributed by atoms with Gasteiger partial charge in [0, 0.05) is 5.02 Å². The molecule has 0 atom stereocenters. The van der Waals surface area contributed by atoms with E-state index < -0.39 is 34.4 Å². The van der Waals surface area contributed by atoms with Crippen LogP contribution in [0.4, 0.5) is 13.2 Å². The topological polar surface area (TPSA) is 17.1 Å². The lowest BCUT2D eigenvalue weighted by molar-refractivity contribution is 0.102. The summed E-state index contributed by atoms with van der Waals surface area (Å²) in [5.41, 5.74) is -1.13. The number of aryl methyl sites for hydroxylation is 1. The van der Waals surface area contributed by atoms with E-state index in [-0.39, 0.29) is 10.6 Å². The molecular formula is C14H8ClF3O. The maximum atomic E-state index is 13.8. The van der Waals surface area contributed by atoms with E-state index in [1.54, 1.807) is 0 Å². The standard InChI is InChI=1S/C14H8ClF3O/c1-7-2-4-11(17)12(13(7)18)14(19)9-6-8(15)3-5-10(9)16/h2-6H,1H3. The number of benzene rings is 2. The van der Waals surface area contributed by atoms with Gasteiger partial charge in [-0.25, -0.2) is 13.2 Å². The van der Waals surface area contributed by atoms with E-state index in [9.17, 15) is 18.0 Å². The maximum Gasteiger partial charge on any atom is 0.201 e. The Balaban J connectivity index is 2.63. The molecule has 5 heteroatoms. The smallest absolute Gasteiger partial charge is 0.201 e. The fraction of sp³-hybridized carbons (Fsp3) is 0.0714. The Morgan fingerprint density at radius 3 is 2.37 bits per heavy atom. The summed E-state index contributed by atoms with van der Waals surface area (Å²) in [4.78, 5) is 12.0. The van der Waals surface area contributed by atoms with E-state index in [4.69, 9.17) is 11.6 Å². The van der Waals surface area contributed by atoms with E-state index in [2.05, 4.69) is 0 Å². The summed E-state index contributed by atoms with van der Waals surface area (Å²) in [6, 6.07) is 5.43. The summed E-state index contributed by atoms with van der Waals surface area (Å²) in [5, 5.41) is 0.109. The van der Waals surface area contributed by atoms with E-state index in [1.807, 2.05) is 0 Å². The molecule has 0 radical (unpaired) electrons. The average molecular weight is 285 g/mol. The number of ketones is 1. The van der Waals surface area contributed by atoms with Gasteiger partial charge in [-0.05, 0) is 36.8 Å². The largest absolute Gasteiger partial charge is 0.288 e. The minimum Gasteiger partial charge on any atom is -0.288 e. The first-order chi connectivity index (χ1) is 8.91. The van der Waals surface area contributed by atoms with Crippen LogP contribution in [0.25, 0.3) is 0 Å². The zero-order valence-corrected chi connectivity index (χ0v) is 10.6. The van der Waals surface area contributed by atoms with Gasteiger partial charge in [-0.2, -0.15) is 0 Å². The number of hydrogen-bond acceptors (Lipinski definition) is 1. The Bertz CT molecular complexity index is 668. The minimum absolute atomic E-state index is 0.104. The van der Waals surface area contributed by atoms with Crippen LogP contribution in [0.1, 0.15) is 21.5 Å². The van der Waals surface area contributed by atoms with E-state index >= 15 is 0 Å². The van der Waals surface area contributed by atoms with Gasteiger partial charge in [0.25, 0.3) is 0 Å². The second kappa shape index (κ2) is 5.05. The third-order valence-electron chi connectivity index (χ3n) is 2.68. The first kappa shape index (κ1) is 13.6. The third kappa shape index (κ3) is 2.49. The second-order valence-corrected chi connectivity index (χ2v) is 4.44. The maximum absolute atomic E-state index is 13.8. The van der Waals surface area contributed by atoms with Crippen LogP contribution in [0.2, 0.25) is 5.02 Å². The summed E-state index contributed by atoms with van der Waals surface area (Å²) in [7, 11) is 0. The number of rotatable bonds is 2. The molecule has 0 spiro atoms. The molecular weight excluding hydrogens is 277 g/mol. The molecule has 0 amide bonds. The lowest BCUT2D eigenvalue weighted by Gasteiger charge is -2.07. The molecule has 19 heavy (non-hydrogen) atoms. The Morgan fingerprint density at radius 1 is 1.05 bits per heavy atom. The predicted molar refractivity (Wildman–Crippen MR) is 65.9 cm³/mol. The van der Waals surface area contributed by atoms with Crippen LogP contribution in [-0.2, 0) is 0 Å². The summed E-state index contributed by atoms with van der Waals surface area (Å²) in [6.45, 7) is 1.39. The van der Waals surface area contributed by atoms with E-state index in [1.165, 1.54) is 19.1 Å². The van der Waals surface area contributed by atoms with Crippen LogP contribution in [0.15, 0.2) is 30.3 Å². The molecule has 0 fully saturated rings. The van der Waals surface area contributed by atoms with E-state index in [0.717, 1.165) is 18.2 Å². The highest BCUT2D eigenvalue weighted by Gasteiger charge is 2.23. The van der Waals surface area contributed by atoms with Crippen molar-refractivity contribution in [1.82, 2.24) is 0 Å². The van der Waals surface area contributed by atoms with Gasteiger partial charge in [0.1, 0.15) is 17.5 Å². The summed E-state index contributed by atoms with van der Waals surface area (Å²) in [5.74, 6) is -3.98. The van der Waals surface area contributed by atoms with Gasteiger partial charge >= 0.3 is 0 Å². The Morgan fingerprint density at radius 2 is 1.68 bits per heavy atom. The average Bonchev–Trinajstić information content (AvgIpc) is 2.37. The van der Waals surface area contributed by atoms with Crippen LogP contribution >= 0.6 is 11.6 Å². The zero-order valence-electron chi connectivity index (χ0n) is 9.81. The van der Waals surface area contributed by atoms with Gasteiger partial charge in [-0.3, -0.25) is 4.79 Å². The van der Waals surface area contributed by atoms with Crippen molar-refractivity contribution in [1.29, 1.82) is 0 Å². The molecule has 0 aliphatic carbocycles. The quantitative estimate of drug-likeness (QED) is 0.752. The van der Waals surface area contributed by atoms with Gasteiger partial charge in [-0.1, -0.05) is 17.7 Å². The summed E-state index contributed by atoms with van der Waals surface area (Å²) < 4.78 is 40.9. The molecule has 0 heterocycles.